The van der Waals surface area contributed by atoms with Crippen molar-refractivity contribution >= 4 is 50.1 Å². The van der Waals surface area contributed by atoms with Gasteiger partial charge in [0.1, 0.15) is 11.3 Å². The lowest BCUT2D eigenvalue weighted by molar-refractivity contribution is 0.0990. The third-order valence-electron chi connectivity index (χ3n) is 5.34. The van der Waals surface area contributed by atoms with E-state index in [4.69, 9.17) is 8.83 Å². The highest BCUT2D eigenvalue weighted by Gasteiger charge is 2.15. The first kappa shape index (κ1) is 21.7. The van der Waals surface area contributed by atoms with Gasteiger partial charge in [-0.15, -0.1) is 0 Å². The number of nitrogens with one attached hydrogen (secondary N) is 2. The molecular weight excluding hydrogens is 496 g/mol. The quantitative estimate of drug-likeness (QED) is 0.258. The Balaban J connectivity index is 1.27. The number of halogens is 1. The molecular formula is C27H19BrN2O4. The first-order valence-corrected chi connectivity index (χ1v) is 11.3. The van der Waals surface area contributed by atoms with Crippen LogP contribution in [0.2, 0.25) is 0 Å². The maximum Gasteiger partial charge on any atom is 0.291 e. The zero-order valence-electron chi connectivity index (χ0n) is 18.1. The third-order valence-corrected chi connectivity index (χ3v) is 5.87. The normalized spacial score (nSPS) is 10.9. The number of furan rings is 2. The predicted octanol–water partition coefficient (Wildman–Crippen LogP) is 7.27. The molecule has 0 fully saturated rings. The van der Waals surface area contributed by atoms with Crippen LogP contribution in [0.25, 0.3) is 22.3 Å². The molecule has 0 spiro atoms. The molecule has 0 bridgehead atoms. The second kappa shape index (κ2) is 9.03. The topological polar surface area (TPSA) is 84.5 Å². The molecule has 6 nitrogen and oxygen atoms in total. The number of hydrogen-bond donors (Lipinski definition) is 2. The average molecular weight is 515 g/mol. The number of hydrogen-bond acceptors (Lipinski definition) is 4. The summed E-state index contributed by atoms with van der Waals surface area (Å²) in [5.41, 5.74) is 3.54. The van der Waals surface area contributed by atoms with Gasteiger partial charge in [-0.3, -0.25) is 9.59 Å². The summed E-state index contributed by atoms with van der Waals surface area (Å²) in [4.78, 5) is 25.3. The van der Waals surface area contributed by atoms with Crippen molar-refractivity contribution in [2.75, 3.05) is 10.6 Å². The number of carbonyl (C=O) groups is 2. The van der Waals surface area contributed by atoms with Crippen LogP contribution in [0.4, 0.5) is 11.4 Å². The van der Waals surface area contributed by atoms with Gasteiger partial charge in [0.2, 0.25) is 0 Å². The largest absolute Gasteiger partial charge is 0.451 e. The Morgan fingerprint density at radius 1 is 0.765 bits per heavy atom. The van der Waals surface area contributed by atoms with E-state index in [2.05, 4.69) is 26.6 Å². The van der Waals surface area contributed by atoms with Crippen LogP contribution >= 0.6 is 15.9 Å². The molecule has 2 amide bonds. The molecule has 0 saturated heterocycles. The Labute approximate surface area is 203 Å². The fourth-order valence-corrected chi connectivity index (χ4v) is 3.85. The highest BCUT2D eigenvalue weighted by Crippen LogP contribution is 2.26. The molecule has 34 heavy (non-hydrogen) atoms. The zero-order valence-corrected chi connectivity index (χ0v) is 19.7. The standard InChI is InChI=1S/C27H19BrN2O4/c1-16-14-20(29-26(31)24-13-12-23(33-24)17-6-8-19(28)9-7-17)10-11-21(16)30-27(32)25-15-18-4-2-3-5-22(18)34-25/h2-15H,1H3,(H,29,31)(H,30,32). The fraction of sp³-hybridized carbons (Fsp3) is 0.0370. The fourth-order valence-electron chi connectivity index (χ4n) is 3.58. The molecule has 168 valence electrons. The Hall–Kier alpha value is -4.10. The Morgan fingerprint density at radius 2 is 1.53 bits per heavy atom. The number of aryl methyl sites for hydroxylation is 1. The Morgan fingerprint density at radius 3 is 2.29 bits per heavy atom. The molecule has 7 heteroatoms. The molecule has 2 N–H and O–H groups in total. The molecule has 0 saturated carbocycles. The number of anilines is 2. The molecule has 0 aliphatic rings. The van der Waals surface area contributed by atoms with E-state index in [1.54, 1.807) is 36.4 Å². The van der Waals surface area contributed by atoms with Gasteiger partial charge in [-0.05, 0) is 67.1 Å². The number of carbonyl (C=O) groups excluding carboxylic acids is 2. The number of para-hydroxylation sites is 1. The van der Waals surface area contributed by atoms with Crippen molar-refractivity contribution in [3.05, 3.63) is 106 Å². The van der Waals surface area contributed by atoms with Crippen molar-refractivity contribution in [2.45, 2.75) is 6.92 Å². The number of benzene rings is 3. The summed E-state index contributed by atoms with van der Waals surface area (Å²) in [5.74, 6) is 0.349. The molecule has 0 atom stereocenters. The van der Waals surface area contributed by atoms with Crippen LogP contribution < -0.4 is 10.6 Å². The van der Waals surface area contributed by atoms with Crippen molar-refractivity contribution in [1.82, 2.24) is 0 Å². The van der Waals surface area contributed by atoms with Crippen molar-refractivity contribution in [3.63, 3.8) is 0 Å². The smallest absolute Gasteiger partial charge is 0.291 e. The van der Waals surface area contributed by atoms with Crippen molar-refractivity contribution < 1.29 is 18.4 Å². The van der Waals surface area contributed by atoms with Gasteiger partial charge in [-0.25, -0.2) is 0 Å². The van der Waals surface area contributed by atoms with Gasteiger partial charge in [-0.1, -0.05) is 46.3 Å². The molecule has 0 radical (unpaired) electrons. The van der Waals surface area contributed by atoms with E-state index >= 15 is 0 Å². The molecule has 0 unspecified atom stereocenters. The number of rotatable bonds is 5. The van der Waals surface area contributed by atoms with Crippen LogP contribution in [-0.2, 0) is 0 Å². The van der Waals surface area contributed by atoms with Crippen LogP contribution in [0.15, 0.2) is 98.2 Å². The summed E-state index contributed by atoms with van der Waals surface area (Å²) in [6.45, 7) is 1.85. The Bertz CT molecular complexity index is 1480. The number of amides is 2. The highest BCUT2D eigenvalue weighted by molar-refractivity contribution is 9.10. The summed E-state index contributed by atoms with van der Waals surface area (Å²) in [6.07, 6.45) is 0. The third kappa shape index (κ3) is 4.51. The van der Waals surface area contributed by atoms with Gasteiger partial charge in [0.15, 0.2) is 11.5 Å². The molecule has 0 aliphatic heterocycles. The first-order chi connectivity index (χ1) is 16.5. The lowest BCUT2D eigenvalue weighted by Crippen LogP contribution is -2.13. The van der Waals surface area contributed by atoms with Crippen LogP contribution in [0.5, 0.6) is 0 Å². The SMILES string of the molecule is Cc1cc(NC(=O)c2ccc(-c3ccc(Br)cc3)o2)ccc1NC(=O)c1cc2ccccc2o1. The summed E-state index contributed by atoms with van der Waals surface area (Å²) in [6, 6.07) is 25.4. The van der Waals surface area contributed by atoms with Crippen LogP contribution in [0, 0.1) is 6.92 Å². The van der Waals surface area contributed by atoms with E-state index in [1.807, 2.05) is 55.5 Å². The van der Waals surface area contributed by atoms with Gasteiger partial charge in [0.05, 0.1) is 0 Å². The van der Waals surface area contributed by atoms with Gasteiger partial charge < -0.3 is 19.5 Å². The predicted molar refractivity (Wildman–Crippen MR) is 135 cm³/mol. The van der Waals surface area contributed by atoms with E-state index in [1.165, 1.54) is 0 Å². The monoisotopic (exact) mass is 514 g/mol. The lowest BCUT2D eigenvalue weighted by Gasteiger charge is -2.10. The second-order valence-corrected chi connectivity index (χ2v) is 8.67. The highest BCUT2D eigenvalue weighted by atomic mass is 79.9. The zero-order chi connectivity index (χ0) is 23.7. The van der Waals surface area contributed by atoms with E-state index < -0.39 is 0 Å². The molecule has 5 aromatic rings. The van der Waals surface area contributed by atoms with Crippen LogP contribution in [0.3, 0.4) is 0 Å². The second-order valence-electron chi connectivity index (χ2n) is 7.76. The van der Waals surface area contributed by atoms with Gasteiger partial charge in [0.25, 0.3) is 11.8 Å². The van der Waals surface area contributed by atoms with Crippen molar-refractivity contribution in [2.24, 2.45) is 0 Å². The van der Waals surface area contributed by atoms with Gasteiger partial charge in [-0.2, -0.15) is 0 Å². The Kier molecular flexibility index (Phi) is 5.77. The molecule has 3 aromatic carbocycles. The molecule has 2 aromatic heterocycles. The van der Waals surface area contributed by atoms with E-state index in [0.29, 0.717) is 22.7 Å². The van der Waals surface area contributed by atoms with E-state index in [9.17, 15) is 9.59 Å². The van der Waals surface area contributed by atoms with Crippen LogP contribution in [0.1, 0.15) is 26.7 Å². The molecule has 0 aliphatic carbocycles. The maximum absolute atomic E-state index is 12.7. The number of fused-ring (bicyclic) bond motifs is 1. The molecule has 2 heterocycles. The lowest BCUT2D eigenvalue weighted by atomic mass is 10.1. The summed E-state index contributed by atoms with van der Waals surface area (Å²) >= 11 is 3.40. The summed E-state index contributed by atoms with van der Waals surface area (Å²) in [5, 5.41) is 6.55. The van der Waals surface area contributed by atoms with Gasteiger partial charge in [0, 0.05) is 26.8 Å². The van der Waals surface area contributed by atoms with Crippen LogP contribution in [-0.4, -0.2) is 11.8 Å². The minimum Gasteiger partial charge on any atom is -0.451 e. The summed E-state index contributed by atoms with van der Waals surface area (Å²) in [7, 11) is 0. The van der Waals surface area contributed by atoms with Crippen molar-refractivity contribution in [3.8, 4) is 11.3 Å². The maximum atomic E-state index is 12.7. The average Bonchev–Trinajstić information content (AvgIpc) is 3.49. The first-order valence-electron chi connectivity index (χ1n) is 10.5. The minimum absolute atomic E-state index is 0.206. The van der Waals surface area contributed by atoms with E-state index in [-0.39, 0.29) is 23.3 Å². The minimum atomic E-state index is -0.359. The summed E-state index contributed by atoms with van der Waals surface area (Å²) < 4.78 is 12.3. The van der Waals surface area contributed by atoms with Crippen molar-refractivity contribution in [1.29, 1.82) is 0 Å². The van der Waals surface area contributed by atoms with E-state index in [0.717, 1.165) is 21.0 Å². The van der Waals surface area contributed by atoms with Gasteiger partial charge >= 0.3 is 0 Å². The molecule has 5 rings (SSSR count).